The van der Waals surface area contributed by atoms with Crippen molar-refractivity contribution >= 4 is 17.7 Å². The number of carbonyl (C=O) groups is 3. The summed E-state index contributed by atoms with van der Waals surface area (Å²) in [7, 11) is 0. The number of aliphatic hydroxyl groups is 1. The summed E-state index contributed by atoms with van der Waals surface area (Å²) in [5.74, 6) is 0.0720. The fraction of sp³-hybridized carbons (Fsp3) is 0.833. The Kier molecular flexibility index (Phi) is 5.11. The van der Waals surface area contributed by atoms with Crippen molar-refractivity contribution in [1.29, 1.82) is 0 Å². The molecule has 8 nitrogen and oxygen atoms in total. The lowest BCUT2D eigenvalue weighted by Crippen LogP contribution is -2.64. The van der Waals surface area contributed by atoms with E-state index in [1.165, 1.54) is 6.92 Å². The lowest BCUT2D eigenvalue weighted by atomic mass is 9.44. The number of ketones is 1. The Morgan fingerprint density at radius 1 is 1.05 bits per heavy atom. The molecule has 0 aromatic rings. The maximum absolute atomic E-state index is 13.6. The lowest BCUT2D eigenvalue weighted by Gasteiger charge is -2.58. The van der Waals surface area contributed by atoms with Crippen molar-refractivity contribution in [3.63, 3.8) is 0 Å². The highest BCUT2D eigenvalue weighted by Gasteiger charge is 2.83. The molecule has 6 fully saturated rings. The van der Waals surface area contributed by atoms with Gasteiger partial charge >= 0.3 is 11.9 Å². The molecule has 8 heteroatoms. The van der Waals surface area contributed by atoms with Gasteiger partial charge in [-0.25, -0.2) is 0 Å². The van der Waals surface area contributed by atoms with Gasteiger partial charge in [0.15, 0.2) is 18.2 Å². The van der Waals surface area contributed by atoms with Crippen LogP contribution < -0.4 is 0 Å². The highest BCUT2D eigenvalue weighted by molar-refractivity contribution is 5.98. The number of epoxide rings is 1. The van der Waals surface area contributed by atoms with Crippen LogP contribution in [0.25, 0.3) is 0 Å². The van der Waals surface area contributed by atoms with Crippen molar-refractivity contribution in [3.05, 3.63) is 12.2 Å². The second-order valence-corrected chi connectivity index (χ2v) is 13.8. The second-order valence-electron chi connectivity index (χ2n) is 13.8. The summed E-state index contributed by atoms with van der Waals surface area (Å²) >= 11 is 0. The molecule has 0 aromatic carbocycles. The molecule has 2 unspecified atom stereocenters. The zero-order valence-electron chi connectivity index (χ0n) is 23.0. The fourth-order valence-electron chi connectivity index (χ4n) is 10.6. The SMILES string of the molecule is CC(=O)O[C@H]1C=CC(=O)[C@]2(C)[C@H]3CC[C@]45C(O)O[C@@](C)(C6C[C@H](C)[C@@H](C)C(=O)O6)[C@H]4CC[C@H]5[C@@H]3C[C@H]3O[C@]132. The van der Waals surface area contributed by atoms with Gasteiger partial charge in [0.25, 0.3) is 0 Å². The van der Waals surface area contributed by atoms with E-state index in [9.17, 15) is 19.5 Å². The van der Waals surface area contributed by atoms with E-state index in [1.54, 1.807) is 12.2 Å². The van der Waals surface area contributed by atoms with E-state index in [2.05, 4.69) is 6.92 Å². The first kappa shape index (κ1) is 25.2. The third kappa shape index (κ3) is 2.75. The Morgan fingerprint density at radius 2 is 1.82 bits per heavy atom. The summed E-state index contributed by atoms with van der Waals surface area (Å²) in [5, 5.41) is 11.7. The van der Waals surface area contributed by atoms with Crippen LogP contribution in [0.15, 0.2) is 12.2 Å². The van der Waals surface area contributed by atoms with Crippen LogP contribution in [0.1, 0.15) is 73.1 Å². The van der Waals surface area contributed by atoms with Crippen molar-refractivity contribution in [3.8, 4) is 0 Å². The largest absolute Gasteiger partial charge is 0.459 e. The maximum Gasteiger partial charge on any atom is 0.309 e. The minimum absolute atomic E-state index is 0.0499. The van der Waals surface area contributed by atoms with E-state index < -0.39 is 34.4 Å². The predicted octanol–water partition coefficient (Wildman–Crippen LogP) is 3.34. The smallest absolute Gasteiger partial charge is 0.309 e. The first-order valence-corrected chi connectivity index (χ1v) is 14.5. The third-order valence-electron chi connectivity index (χ3n) is 12.7. The molecular formula is C30H40O8. The second kappa shape index (κ2) is 7.70. The first-order valence-electron chi connectivity index (χ1n) is 14.5. The minimum atomic E-state index is -0.935. The molecule has 3 aliphatic heterocycles. The average molecular weight is 529 g/mol. The van der Waals surface area contributed by atoms with Gasteiger partial charge in [-0.2, -0.15) is 0 Å². The van der Waals surface area contributed by atoms with E-state index in [-0.39, 0.29) is 65.4 Å². The number of ether oxygens (including phenoxy) is 4. The summed E-state index contributed by atoms with van der Waals surface area (Å²) in [6.45, 7) is 9.47. The molecule has 2 spiro atoms. The summed E-state index contributed by atoms with van der Waals surface area (Å²) in [4.78, 5) is 38.2. The molecule has 0 bridgehead atoms. The molecule has 14 atom stereocenters. The van der Waals surface area contributed by atoms with Crippen LogP contribution in [-0.2, 0) is 33.3 Å². The van der Waals surface area contributed by atoms with Gasteiger partial charge in [0.05, 0.1) is 17.4 Å². The fourth-order valence-corrected chi connectivity index (χ4v) is 10.6. The minimum Gasteiger partial charge on any atom is -0.459 e. The van der Waals surface area contributed by atoms with Gasteiger partial charge in [0.1, 0.15) is 17.3 Å². The first-order chi connectivity index (χ1) is 17.9. The van der Waals surface area contributed by atoms with Crippen LogP contribution in [0, 0.1) is 46.3 Å². The molecule has 0 amide bonds. The Morgan fingerprint density at radius 3 is 2.53 bits per heavy atom. The molecule has 3 heterocycles. The van der Waals surface area contributed by atoms with Gasteiger partial charge in [-0.1, -0.05) is 13.8 Å². The highest BCUT2D eigenvalue weighted by atomic mass is 16.7. The van der Waals surface area contributed by atoms with Gasteiger partial charge < -0.3 is 24.1 Å². The highest BCUT2D eigenvalue weighted by Crippen LogP contribution is 2.76. The molecule has 4 aliphatic carbocycles. The van der Waals surface area contributed by atoms with E-state index in [0.717, 1.165) is 38.5 Å². The van der Waals surface area contributed by atoms with Gasteiger partial charge in [0.2, 0.25) is 0 Å². The number of rotatable bonds is 2. The Labute approximate surface area is 223 Å². The summed E-state index contributed by atoms with van der Waals surface area (Å²) < 4.78 is 24.5. The molecule has 3 saturated heterocycles. The molecule has 7 aliphatic rings. The Hall–Kier alpha value is -1.77. The van der Waals surface area contributed by atoms with Crippen LogP contribution >= 0.6 is 0 Å². The van der Waals surface area contributed by atoms with Crippen molar-refractivity contribution < 1.29 is 38.4 Å². The van der Waals surface area contributed by atoms with Crippen LogP contribution in [0.3, 0.4) is 0 Å². The van der Waals surface area contributed by atoms with Crippen molar-refractivity contribution in [2.45, 2.75) is 109 Å². The van der Waals surface area contributed by atoms with Crippen molar-refractivity contribution in [2.24, 2.45) is 46.3 Å². The molecular weight excluding hydrogens is 488 g/mol. The number of cyclic esters (lactones) is 1. The zero-order chi connectivity index (χ0) is 27.0. The lowest BCUT2D eigenvalue weighted by molar-refractivity contribution is -0.226. The maximum atomic E-state index is 13.6. The molecule has 0 aromatic heterocycles. The van der Waals surface area contributed by atoms with Gasteiger partial charge in [0, 0.05) is 18.3 Å². The number of hydrogen-bond acceptors (Lipinski definition) is 8. The number of fused-ring (bicyclic) bond motifs is 3. The number of aliphatic hydroxyl groups excluding tert-OH is 1. The zero-order valence-corrected chi connectivity index (χ0v) is 23.0. The van der Waals surface area contributed by atoms with Crippen molar-refractivity contribution in [2.75, 3.05) is 0 Å². The van der Waals surface area contributed by atoms with E-state index in [4.69, 9.17) is 18.9 Å². The standard InChI is InChI=1S/C30H40O8/c1-14-12-23(36-25(33)15(14)2)28(5)20-7-6-19-17-13-24-30(37-24)22(35-16(3)31)9-8-21(32)27(30,4)18(17)10-11-29(19,20)26(34)38-28/h8-9,14-15,17-20,22-24,26,34H,6-7,10-13H2,1-5H3/t14-,15+,17+,18-,19-,20+,22-,23?,24+,26?,27-,28+,29+,30+/m0/s1. The quantitative estimate of drug-likeness (QED) is 0.429. The normalized spacial score (nSPS) is 58.2. The van der Waals surface area contributed by atoms with Gasteiger partial charge in [-0.05, 0) is 88.2 Å². The third-order valence-corrected chi connectivity index (χ3v) is 12.7. The number of esters is 2. The molecule has 208 valence electrons. The summed E-state index contributed by atoms with van der Waals surface area (Å²) in [6.07, 6.45) is 6.14. The van der Waals surface area contributed by atoms with Crippen molar-refractivity contribution in [1.82, 2.24) is 0 Å². The molecule has 3 saturated carbocycles. The van der Waals surface area contributed by atoms with Gasteiger partial charge in [-0.3, -0.25) is 14.4 Å². The van der Waals surface area contributed by atoms with Crippen LogP contribution in [0.2, 0.25) is 0 Å². The molecule has 38 heavy (non-hydrogen) atoms. The van der Waals surface area contributed by atoms with Gasteiger partial charge in [-0.15, -0.1) is 0 Å². The van der Waals surface area contributed by atoms with E-state index in [0.29, 0.717) is 0 Å². The number of allylic oxidation sites excluding steroid dienone is 1. The van der Waals surface area contributed by atoms with Crippen LogP contribution in [-0.4, -0.2) is 58.6 Å². The molecule has 0 radical (unpaired) electrons. The Bertz CT molecular complexity index is 1130. The molecule has 7 rings (SSSR count). The summed E-state index contributed by atoms with van der Waals surface area (Å²) in [5.41, 5.74) is -2.75. The topological polar surface area (TPSA) is 112 Å². The monoisotopic (exact) mass is 528 g/mol. The average Bonchev–Trinajstić information content (AvgIpc) is 3.37. The predicted molar refractivity (Wildman–Crippen MR) is 133 cm³/mol. The Balaban J connectivity index is 1.22. The number of carbonyl (C=O) groups excluding carboxylic acids is 3. The number of hydrogen-bond donors (Lipinski definition) is 1. The van der Waals surface area contributed by atoms with E-state index >= 15 is 0 Å². The molecule has 1 N–H and O–H groups in total. The summed E-state index contributed by atoms with van der Waals surface area (Å²) in [6, 6.07) is 0. The van der Waals surface area contributed by atoms with Crippen LogP contribution in [0.5, 0.6) is 0 Å². The van der Waals surface area contributed by atoms with Crippen LogP contribution in [0.4, 0.5) is 0 Å². The van der Waals surface area contributed by atoms with E-state index in [1.807, 2.05) is 20.8 Å².